The number of hydrogen-bond donors (Lipinski definition) is 0. The summed E-state index contributed by atoms with van der Waals surface area (Å²) in [4.78, 5) is 4.89. The largest absolute Gasteiger partial charge is 0.311 e. The molecule has 4 heterocycles. The quantitative estimate of drug-likeness (QED) is 0.120. The lowest BCUT2D eigenvalue weighted by Crippen LogP contribution is -2.61. The molecule has 0 saturated carbocycles. The maximum atomic E-state index is 10.9. The third kappa shape index (κ3) is 15.3. The Kier molecular flexibility index (Phi) is 16.1. The number of hydrogen-bond acceptors (Lipinski definition) is 2. The second kappa shape index (κ2) is 27.2. The van der Waals surface area contributed by atoms with Crippen molar-refractivity contribution in [2.45, 2.75) is 240 Å². The van der Waals surface area contributed by atoms with E-state index in [1.165, 1.54) is 11.1 Å². The predicted octanol–water partition coefficient (Wildman–Crippen LogP) is 28.4. The molecule has 0 N–H and O–H groups in total. The second-order valence-corrected chi connectivity index (χ2v) is 41.6. The van der Waals surface area contributed by atoms with Crippen LogP contribution in [0.1, 0.15) is 251 Å². The fourth-order valence-corrected chi connectivity index (χ4v) is 17.1. The van der Waals surface area contributed by atoms with Gasteiger partial charge < -0.3 is 18.9 Å². The van der Waals surface area contributed by atoms with Crippen molar-refractivity contribution in [2.75, 3.05) is 9.80 Å². The molecule has 11 aromatic carbocycles. The summed E-state index contributed by atoms with van der Waals surface area (Å²) in [6.07, 6.45) is -9.00. The Morgan fingerprint density at radius 3 is 0.848 bits per heavy atom. The molecule has 0 aliphatic carbocycles. The summed E-state index contributed by atoms with van der Waals surface area (Å²) in [6.45, 7) is 55.8. The van der Waals surface area contributed by atoms with E-state index in [9.17, 15) is 13.7 Å². The standard InChI is InChI=1S/C107H125BN4/c1-99(2,3)62-67-34-44-90-82(50-67)83-51-68(63-100(4,5)6)35-45-91(83)109(90)78-40-42-86-94(60-78)111(88-48-38-76(106(22,23)24)58-80(88)72-30-28-32-74(56-72)104(16,17)18)96-54-71(66-103(13,14)15)55-97-98(96)108(86)87-43-41-79(110-92-46-36-69(64-101(7,8)9)52-84(92)85-53-70(37-47-93(85)110)65-102(10,11)12)61-95(87)112(97)89-49-39-77(107(25,26)27)59-81(89)73-31-29-33-75(57-73)105(19,20)21/h28-61H,62-66H2,1-27H3/i62D2,63D2,64D2,65D2,66D2. The molecule has 0 spiro atoms. The lowest BCUT2D eigenvalue weighted by molar-refractivity contribution is 0.411. The van der Waals surface area contributed by atoms with Crippen LogP contribution in [0, 0.1) is 27.1 Å². The number of nitrogens with zero attached hydrogens (tertiary/aromatic N) is 4. The van der Waals surface area contributed by atoms with Crippen molar-refractivity contribution in [3.63, 3.8) is 0 Å². The highest BCUT2D eigenvalue weighted by Crippen LogP contribution is 2.53. The lowest BCUT2D eigenvalue weighted by atomic mass is 9.33. The molecule has 4 nitrogen and oxygen atoms in total. The minimum Gasteiger partial charge on any atom is -0.311 e. The zero-order valence-corrected chi connectivity index (χ0v) is 72.0. The van der Waals surface area contributed by atoms with E-state index < -0.39 is 65.7 Å². The van der Waals surface area contributed by atoms with Crippen LogP contribution in [0.4, 0.5) is 34.1 Å². The first kappa shape index (κ1) is 66.2. The summed E-state index contributed by atoms with van der Waals surface area (Å²) in [7, 11) is 0. The van der Waals surface area contributed by atoms with Crippen molar-refractivity contribution in [1.82, 2.24) is 9.13 Å². The lowest BCUT2D eigenvalue weighted by Gasteiger charge is -2.45. The second-order valence-electron chi connectivity index (χ2n) is 41.6. The Morgan fingerprint density at radius 2 is 0.554 bits per heavy atom. The first-order chi connectivity index (χ1) is 56.0. The Morgan fingerprint density at radius 1 is 0.259 bits per heavy atom. The Labute approximate surface area is 687 Å². The van der Waals surface area contributed by atoms with Gasteiger partial charge in [-0.05, 0) is 267 Å². The Balaban J connectivity index is 1.13. The molecule has 2 aromatic heterocycles. The van der Waals surface area contributed by atoms with Gasteiger partial charge in [-0.3, -0.25) is 0 Å². The summed E-state index contributed by atoms with van der Waals surface area (Å²) >= 11 is 0. The highest BCUT2D eigenvalue weighted by atomic mass is 15.2. The average Bonchev–Trinajstić information content (AvgIpc) is 0.727. The SMILES string of the molecule is [2H]C([2H])(c1cc2c3c(c1)N(c1ccc(C(C)(C)C)cc1-c1cccc(C(C)(C)C)c1)c1cc(-n4c5ccc(C([2H])([2H])C(C)(C)C)cc5c5cc(C([2H])([2H])C(C)(C)C)ccc54)ccc1B3c1ccc(-n3c4ccc(C([2H])([2H])C(C)(C)C)cc4c4cc(C([2H])([2H])C(C)(C)C)ccc43)cc1N2c1ccc(C(C)(C)C)cc1-c1cccc(C(C)(C)C)c1)C(C)(C)C. The monoisotopic (exact) mass is 1490 g/mol. The summed E-state index contributed by atoms with van der Waals surface area (Å²) < 4.78 is 104. The van der Waals surface area contributed by atoms with Crippen LogP contribution in [0.2, 0.25) is 0 Å². The van der Waals surface area contributed by atoms with Crippen molar-refractivity contribution in [2.24, 2.45) is 27.1 Å². The molecular formula is C107H125BN4. The molecule has 2 aliphatic heterocycles. The molecule has 0 saturated heterocycles. The molecule has 0 unspecified atom stereocenters. The molecule has 0 bridgehead atoms. The fourth-order valence-electron chi connectivity index (χ4n) is 17.1. The number of aromatic nitrogens is 2. The van der Waals surface area contributed by atoms with E-state index in [4.69, 9.17) is 0 Å². The highest BCUT2D eigenvalue weighted by Gasteiger charge is 2.46. The van der Waals surface area contributed by atoms with Crippen molar-refractivity contribution in [1.29, 1.82) is 0 Å². The van der Waals surface area contributed by atoms with Crippen LogP contribution in [0.3, 0.4) is 0 Å². The summed E-state index contributed by atoms with van der Waals surface area (Å²) in [6, 6.07) is 73.7. The smallest absolute Gasteiger partial charge is 0.252 e. The number of rotatable bonds is 11. The fraction of sp³-hybridized carbons (Fsp3) is 0.383. The molecule has 5 heteroatoms. The van der Waals surface area contributed by atoms with Crippen LogP contribution in [-0.4, -0.2) is 15.8 Å². The van der Waals surface area contributed by atoms with Crippen LogP contribution < -0.4 is 26.2 Å². The van der Waals surface area contributed by atoms with Gasteiger partial charge in [-0.1, -0.05) is 284 Å². The summed E-state index contributed by atoms with van der Waals surface area (Å²) in [5.41, 5.74) is 19.4. The van der Waals surface area contributed by atoms with Gasteiger partial charge in [0.05, 0.1) is 33.4 Å². The van der Waals surface area contributed by atoms with Gasteiger partial charge in [-0.25, -0.2) is 0 Å². The molecule has 0 radical (unpaired) electrons. The van der Waals surface area contributed by atoms with Gasteiger partial charge in [0.1, 0.15) is 0 Å². The maximum absolute atomic E-state index is 10.9. The van der Waals surface area contributed by atoms with E-state index in [1.54, 1.807) is 0 Å². The average molecular weight is 1490 g/mol. The zero-order valence-electron chi connectivity index (χ0n) is 82.0. The van der Waals surface area contributed by atoms with E-state index in [0.29, 0.717) is 27.8 Å². The molecule has 2 aliphatic rings. The topological polar surface area (TPSA) is 16.3 Å². The number of anilines is 6. The van der Waals surface area contributed by atoms with Gasteiger partial charge in [-0.15, -0.1) is 0 Å². The van der Waals surface area contributed by atoms with E-state index >= 15 is 0 Å². The van der Waals surface area contributed by atoms with Gasteiger partial charge >= 0.3 is 0 Å². The molecule has 15 rings (SSSR count). The van der Waals surface area contributed by atoms with Crippen LogP contribution in [0.5, 0.6) is 0 Å². The number of benzene rings is 11. The summed E-state index contributed by atoms with van der Waals surface area (Å²) in [5, 5.41) is 3.19. The van der Waals surface area contributed by atoms with Crippen LogP contribution in [-0.2, 0) is 53.5 Å². The van der Waals surface area contributed by atoms with Gasteiger partial charge in [0.2, 0.25) is 0 Å². The highest BCUT2D eigenvalue weighted by molar-refractivity contribution is 7.00. The molecule has 112 heavy (non-hydrogen) atoms. The van der Waals surface area contributed by atoms with Crippen LogP contribution in [0.25, 0.3) is 77.2 Å². The van der Waals surface area contributed by atoms with Gasteiger partial charge in [0.25, 0.3) is 6.71 Å². The van der Waals surface area contributed by atoms with E-state index in [-0.39, 0.29) is 21.7 Å². The van der Waals surface area contributed by atoms with E-state index in [0.717, 1.165) is 139 Å². The van der Waals surface area contributed by atoms with Gasteiger partial charge in [-0.2, -0.15) is 0 Å². The maximum Gasteiger partial charge on any atom is 0.252 e. The van der Waals surface area contributed by atoms with Crippen molar-refractivity contribution in [3.05, 3.63) is 256 Å². The van der Waals surface area contributed by atoms with E-state index in [1.807, 2.05) is 177 Å². The summed E-state index contributed by atoms with van der Waals surface area (Å²) in [5.74, 6) is 0. The number of fused-ring (bicyclic) bond motifs is 10. The molecule has 0 fully saturated rings. The van der Waals surface area contributed by atoms with Crippen molar-refractivity contribution >= 4 is 101 Å². The van der Waals surface area contributed by atoms with Gasteiger partial charge in [0, 0.05) is 80.5 Å². The molecule has 13 aromatic rings. The third-order valence-electron chi connectivity index (χ3n) is 22.0. The minimum absolute atomic E-state index is 0.213. The molecular weight excluding hydrogens is 1350 g/mol. The normalized spacial score (nSPS) is 15.9. The molecule has 576 valence electrons. The zero-order chi connectivity index (χ0) is 89.4. The van der Waals surface area contributed by atoms with Crippen molar-refractivity contribution < 1.29 is 13.7 Å². The van der Waals surface area contributed by atoms with Crippen molar-refractivity contribution in [3.8, 4) is 33.6 Å². The Hall–Kier alpha value is -9.32. The molecule has 0 amide bonds. The first-order valence-electron chi connectivity index (χ1n) is 45.8. The predicted molar refractivity (Wildman–Crippen MR) is 491 cm³/mol. The molecule has 0 atom stereocenters. The van der Waals surface area contributed by atoms with Gasteiger partial charge in [0.15, 0.2) is 0 Å². The Bertz CT molecular complexity index is 5870. The minimum atomic E-state index is -1.98. The van der Waals surface area contributed by atoms with Crippen LogP contribution >= 0.6 is 0 Å². The van der Waals surface area contributed by atoms with E-state index in [2.05, 4.69) is 235 Å². The first-order valence-corrected chi connectivity index (χ1v) is 40.8. The van der Waals surface area contributed by atoms with Crippen LogP contribution in [0.15, 0.2) is 206 Å². The third-order valence-corrected chi connectivity index (χ3v) is 22.0.